The van der Waals surface area contributed by atoms with E-state index in [0.29, 0.717) is 27.3 Å². The van der Waals surface area contributed by atoms with Crippen LogP contribution in [0.5, 0.6) is 5.75 Å². The zero-order chi connectivity index (χ0) is 23.7. The predicted molar refractivity (Wildman–Crippen MR) is 122 cm³/mol. The molecule has 172 valence electrons. The van der Waals surface area contributed by atoms with Crippen LogP contribution < -0.4 is 4.74 Å². The SMILES string of the molecule is COc1cc(Cl)cc2cc(C(=O)C3=C(O)C(=O)N(CCOC(C)C)C3c3cccnc3)oc12. The first-order valence-corrected chi connectivity index (χ1v) is 10.8. The zero-order valence-corrected chi connectivity index (χ0v) is 19.1. The number of amides is 1. The van der Waals surface area contributed by atoms with Crippen LogP contribution in [0.4, 0.5) is 0 Å². The lowest BCUT2D eigenvalue weighted by Crippen LogP contribution is -2.34. The number of aromatic nitrogens is 1. The topological polar surface area (TPSA) is 102 Å². The molecule has 3 aromatic rings. The molecule has 0 fully saturated rings. The number of aliphatic hydroxyl groups is 1. The van der Waals surface area contributed by atoms with Crippen LogP contribution in [-0.2, 0) is 9.53 Å². The number of aliphatic hydroxyl groups excluding tert-OH is 1. The standard InChI is InChI=1S/C24H23ClN2O6/c1-13(2)32-8-7-27-20(14-5-4-6-26-12-14)19(22(29)24(27)30)21(28)17-10-15-9-16(25)11-18(31-3)23(15)33-17/h4-6,9-13,20,29H,7-8H2,1-3H3. The number of rotatable bonds is 8. The van der Waals surface area contributed by atoms with Gasteiger partial charge in [0.2, 0.25) is 5.78 Å². The highest BCUT2D eigenvalue weighted by atomic mass is 35.5. The summed E-state index contributed by atoms with van der Waals surface area (Å²) in [6, 6.07) is 7.34. The number of benzene rings is 1. The molecule has 2 aromatic heterocycles. The van der Waals surface area contributed by atoms with Gasteiger partial charge in [0, 0.05) is 35.4 Å². The van der Waals surface area contributed by atoms with E-state index < -0.39 is 23.5 Å². The molecule has 0 radical (unpaired) electrons. The van der Waals surface area contributed by atoms with Gasteiger partial charge in [-0.1, -0.05) is 17.7 Å². The van der Waals surface area contributed by atoms with Gasteiger partial charge in [0.15, 0.2) is 22.9 Å². The maximum atomic E-state index is 13.6. The molecule has 3 heterocycles. The van der Waals surface area contributed by atoms with Gasteiger partial charge in [-0.15, -0.1) is 0 Å². The van der Waals surface area contributed by atoms with E-state index in [2.05, 4.69) is 4.98 Å². The second-order valence-electron chi connectivity index (χ2n) is 7.84. The van der Waals surface area contributed by atoms with Gasteiger partial charge in [-0.2, -0.15) is 0 Å². The highest BCUT2D eigenvalue weighted by Gasteiger charge is 2.44. The third kappa shape index (κ3) is 4.31. The molecule has 1 aliphatic heterocycles. The summed E-state index contributed by atoms with van der Waals surface area (Å²) >= 11 is 6.13. The Kier molecular flexibility index (Phi) is 6.40. The molecule has 8 nitrogen and oxygen atoms in total. The third-order valence-corrected chi connectivity index (χ3v) is 5.54. The number of ketones is 1. The number of carbonyl (C=O) groups is 2. The molecule has 1 aliphatic rings. The summed E-state index contributed by atoms with van der Waals surface area (Å²) in [5.74, 6) is -1.57. The van der Waals surface area contributed by atoms with Crippen LogP contribution in [0.2, 0.25) is 5.02 Å². The first-order valence-electron chi connectivity index (χ1n) is 10.4. The molecule has 0 saturated heterocycles. The summed E-state index contributed by atoms with van der Waals surface area (Å²) in [4.78, 5) is 32.0. The largest absolute Gasteiger partial charge is 0.503 e. The molecule has 1 N–H and O–H groups in total. The van der Waals surface area contributed by atoms with Crippen LogP contribution in [0, 0.1) is 0 Å². The highest BCUT2D eigenvalue weighted by molar-refractivity contribution is 6.31. The number of carbonyl (C=O) groups excluding carboxylic acids is 2. The number of ether oxygens (including phenoxy) is 2. The molecule has 1 aromatic carbocycles. The first-order chi connectivity index (χ1) is 15.8. The Hall–Kier alpha value is -3.36. The van der Waals surface area contributed by atoms with Crippen LogP contribution in [0.15, 0.2) is 58.5 Å². The van der Waals surface area contributed by atoms with Gasteiger partial charge in [0.25, 0.3) is 5.91 Å². The molecule has 9 heteroatoms. The average Bonchev–Trinajstić information content (AvgIpc) is 3.33. The fourth-order valence-electron chi connectivity index (χ4n) is 3.87. The van der Waals surface area contributed by atoms with Crippen molar-refractivity contribution in [2.45, 2.75) is 26.0 Å². The Morgan fingerprint density at radius 2 is 2.12 bits per heavy atom. The summed E-state index contributed by atoms with van der Waals surface area (Å²) in [5, 5.41) is 11.7. The molecule has 4 rings (SSSR count). The van der Waals surface area contributed by atoms with Crippen LogP contribution in [-0.4, -0.2) is 53.0 Å². The van der Waals surface area contributed by atoms with E-state index in [1.165, 1.54) is 18.1 Å². The molecule has 0 saturated carbocycles. The van der Waals surface area contributed by atoms with E-state index in [0.717, 1.165) is 0 Å². The summed E-state index contributed by atoms with van der Waals surface area (Å²) < 4.78 is 16.7. The molecule has 0 bridgehead atoms. The molecule has 1 unspecified atom stereocenters. The van der Waals surface area contributed by atoms with Crippen molar-refractivity contribution in [2.24, 2.45) is 0 Å². The molecule has 0 aliphatic carbocycles. The number of pyridine rings is 1. The van der Waals surface area contributed by atoms with E-state index in [1.54, 1.807) is 36.7 Å². The fraction of sp³-hybridized carbons (Fsp3) is 0.292. The molecule has 1 amide bonds. The lowest BCUT2D eigenvalue weighted by atomic mass is 9.96. The molecular weight excluding hydrogens is 448 g/mol. The van der Waals surface area contributed by atoms with Crippen molar-refractivity contribution in [3.63, 3.8) is 0 Å². The van der Waals surface area contributed by atoms with Gasteiger partial charge in [0.05, 0.1) is 31.4 Å². The summed E-state index contributed by atoms with van der Waals surface area (Å²) in [6.45, 7) is 4.20. The number of fused-ring (bicyclic) bond motifs is 1. The Labute approximate surface area is 195 Å². The van der Waals surface area contributed by atoms with E-state index >= 15 is 0 Å². The Balaban J connectivity index is 1.76. The smallest absolute Gasteiger partial charge is 0.290 e. The van der Waals surface area contributed by atoms with E-state index in [9.17, 15) is 14.7 Å². The fourth-order valence-corrected chi connectivity index (χ4v) is 4.09. The second-order valence-corrected chi connectivity index (χ2v) is 8.27. The molecule has 33 heavy (non-hydrogen) atoms. The van der Waals surface area contributed by atoms with Gasteiger partial charge < -0.3 is 23.9 Å². The average molecular weight is 471 g/mol. The van der Waals surface area contributed by atoms with E-state index in [1.807, 2.05) is 13.8 Å². The normalized spacial score (nSPS) is 16.3. The minimum absolute atomic E-state index is 0.0282. The van der Waals surface area contributed by atoms with E-state index in [4.69, 9.17) is 25.5 Å². The number of halogens is 1. The minimum atomic E-state index is -0.840. The van der Waals surface area contributed by atoms with Crippen LogP contribution >= 0.6 is 11.6 Å². The Bertz CT molecular complexity index is 1230. The third-order valence-electron chi connectivity index (χ3n) is 5.32. The van der Waals surface area contributed by atoms with Crippen molar-refractivity contribution in [3.8, 4) is 5.75 Å². The van der Waals surface area contributed by atoms with Crippen molar-refractivity contribution in [1.29, 1.82) is 0 Å². The van der Waals surface area contributed by atoms with Gasteiger partial charge in [-0.05, 0) is 37.6 Å². The van der Waals surface area contributed by atoms with Crippen LogP contribution in [0.25, 0.3) is 11.0 Å². The Morgan fingerprint density at radius 3 is 2.79 bits per heavy atom. The van der Waals surface area contributed by atoms with Gasteiger partial charge in [-0.3, -0.25) is 14.6 Å². The quantitative estimate of drug-likeness (QED) is 0.484. The highest BCUT2D eigenvalue weighted by Crippen LogP contribution is 2.40. The van der Waals surface area contributed by atoms with E-state index in [-0.39, 0.29) is 30.6 Å². The number of methoxy groups -OCH3 is 1. The number of nitrogens with zero attached hydrogens (tertiary/aromatic N) is 2. The number of furan rings is 1. The van der Waals surface area contributed by atoms with Crippen molar-refractivity contribution >= 4 is 34.3 Å². The van der Waals surface area contributed by atoms with Crippen molar-refractivity contribution < 1.29 is 28.6 Å². The van der Waals surface area contributed by atoms with Crippen LogP contribution in [0.3, 0.4) is 0 Å². The molecular formula is C24H23ClN2O6. The molecule has 1 atom stereocenters. The maximum absolute atomic E-state index is 13.6. The lowest BCUT2D eigenvalue weighted by Gasteiger charge is -2.26. The number of hydrogen-bond donors (Lipinski definition) is 1. The minimum Gasteiger partial charge on any atom is -0.503 e. The van der Waals surface area contributed by atoms with Crippen LogP contribution in [0.1, 0.15) is 36.0 Å². The monoisotopic (exact) mass is 470 g/mol. The number of hydrogen-bond acceptors (Lipinski definition) is 7. The van der Waals surface area contributed by atoms with Gasteiger partial charge in [-0.25, -0.2) is 0 Å². The van der Waals surface area contributed by atoms with Crippen molar-refractivity contribution in [3.05, 3.63) is 70.4 Å². The zero-order valence-electron chi connectivity index (χ0n) is 18.4. The van der Waals surface area contributed by atoms with Crippen molar-refractivity contribution in [1.82, 2.24) is 9.88 Å². The first kappa shape index (κ1) is 22.8. The maximum Gasteiger partial charge on any atom is 0.290 e. The summed E-state index contributed by atoms with van der Waals surface area (Å²) in [5.41, 5.74) is 0.844. The Morgan fingerprint density at radius 1 is 1.33 bits per heavy atom. The van der Waals surface area contributed by atoms with Gasteiger partial charge in [0.1, 0.15) is 0 Å². The summed E-state index contributed by atoms with van der Waals surface area (Å²) in [6.07, 6.45) is 3.12. The van der Waals surface area contributed by atoms with Crippen molar-refractivity contribution in [2.75, 3.05) is 20.3 Å². The summed E-state index contributed by atoms with van der Waals surface area (Å²) in [7, 11) is 1.47. The number of Topliss-reactive ketones (excluding diaryl/α,β-unsaturated/α-hetero) is 1. The molecule has 0 spiro atoms. The predicted octanol–water partition coefficient (Wildman–Crippen LogP) is 4.49. The van der Waals surface area contributed by atoms with Gasteiger partial charge >= 0.3 is 0 Å². The second kappa shape index (κ2) is 9.25. The lowest BCUT2D eigenvalue weighted by molar-refractivity contribution is -0.130.